The van der Waals surface area contributed by atoms with Crippen LogP contribution in [-0.2, 0) is 16.0 Å². The molecule has 3 aliphatic rings. The van der Waals surface area contributed by atoms with Crippen LogP contribution in [0.15, 0.2) is 65.1 Å². The third kappa shape index (κ3) is 3.06. The topological polar surface area (TPSA) is 138 Å². The molecule has 5 N–H and O–H groups in total. The van der Waals surface area contributed by atoms with Crippen LogP contribution in [-0.4, -0.2) is 32.8 Å². The van der Waals surface area contributed by atoms with E-state index in [9.17, 15) is 29.7 Å². The first kappa shape index (κ1) is 21.6. The normalized spacial score (nSPS) is 23.8. The van der Waals surface area contributed by atoms with Crippen LogP contribution >= 0.6 is 11.3 Å². The lowest BCUT2D eigenvalue weighted by molar-refractivity contribution is -0.126. The quantitative estimate of drug-likeness (QED) is 0.397. The summed E-state index contributed by atoms with van der Waals surface area (Å²) >= 11 is 1.60. The van der Waals surface area contributed by atoms with Gasteiger partial charge in [0.2, 0.25) is 0 Å². The first-order valence-electron chi connectivity index (χ1n) is 11.3. The van der Waals surface area contributed by atoms with Gasteiger partial charge in [0, 0.05) is 21.6 Å². The maximum absolute atomic E-state index is 13.7. The number of carbonyl (C=O) groups excluding carboxylic acids is 3. The minimum Gasteiger partial charge on any atom is -0.511 e. The molecule has 0 bridgehead atoms. The summed E-state index contributed by atoms with van der Waals surface area (Å²) in [7, 11) is 0. The molecule has 0 saturated carbocycles. The molecule has 7 nitrogen and oxygen atoms in total. The molecule has 35 heavy (non-hydrogen) atoms. The van der Waals surface area contributed by atoms with Gasteiger partial charge in [0.1, 0.15) is 22.8 Å². The summed E-state index contributed by atoms with van der Waals surface area (Å²) in [5, 5.41) is 33.2. The Bertz CT molecular complexity index is 1510. The van der Waals surface area contributed by atoms with E-state index in [1.165, 1.54) is 6.07 Å². The standard InChI is InChI=1S/C27H21NO6S/c28-27(34)23-17(30)9-13-7-12-8-15-14(19-10-11-3-1-2-4-18(11)35-19)5-6-16(29)22(15)25(32)20(12)24(31)21(13)26(23)33/h1-6,10,12-13,21,29-31H,7-9H2,(H2,28,34)/t12-,13+,21?/m1/s1. The number of rotatable bonds is 2. The second-order valence-corrected chi connectivity index (χ2v) is 10.5. The highest BCUT2D eigenvalue weighted by Gasteiger charge is 2.50. The van der Waals surface area contributed by atoms with Gasteiger partial charge in [-0.25, -0.2) is 0 Å². The van der Waals surface area contributed by atoms with Gasteiger partial charge in [-0.2, -0.15) is 0 Å². The first-order chi connectivity index (χ1) is 16.8. The van der Waals surface area contributed by atoms with E-state index < -0.39 is 34.9 Å². The van der Waals surface area contributed by atoms with Gasteiger partial charge in [-0.05, 0) is 65.5 Å². The van der Waals surface area contributed by atoms with Crippen molar-refractivity contribution in [1.82, 2.24) is 0 Å². The van der Waals surface area contributed by atoms with E-state index in [0.717, 1.165) is 20.5 Å². The number of carbonyl (C=O) groups is 3. The Labute approximate surface area is 203 Å². The SMILES string of the molecule is NC(=O)C1=C(O)C[C@@H]2C[C@@H]3Cc4c(-c5cc6ccccc6s5)ccc(O)c4C(=O)C3=C(O)C2C1=O. The molecular weight excluding hydrogens is 466 g/mol. The van der Waals surface area contributed by atoms with Crippen molar-refractivity contribution in [2.75, 3.05) is 0 Å². The molecule has 0 aliphatic heterocycles. The molecule has 0 fully saturated rings. The lowest BCUT2D eigenvalue weighted by Gasteiger charge is -2.41. The van der Waals surface area contributed by atoms with Crippen LogP contribution in [0.3, 0.4) is 0 Å². The van der Waals surface area contributed by atoms with Gasteiger partial charge >= 0.3 is 0 Å². The number of Topliss-reactive ketones (excluding diaryl/α,β-unsaturated/α-hetero) is 2. The number of nitrogens with two attached hydrogens (primary N) is 1. The summed E-state index contributed by atoms with van der Waals surface area (Å²) in [6.07, 6.45) is 0.786. The number of phenols is 1. The molecule has 176 valence electrons. The third-order valence-corrected chi connectivity index (χ3v) is 8.61. The van der Waals surface area contributed by atoms with Crippen molar-refractivity contribution in [2.24, 2.45) is 23.5 Å². The number of thiophene rings is 1. The molecule has 1 aromatic heterocycles. The van der Waals surface area contributed by atoms with Crippen LogP contribution < -0.4 is 5.73 Å². The molecule has 0 radical (unpaired) electrons. The summed E-state index contributed by atoms with van der Waals surface area (Å²) in [6, 6.07) is 13.3. The van der Waals surface area contributed by atoms with Crippen molar-refractivity contribution >= 4 is 38.9 Å². The average molecular weight is 488 g/mol. The van der Waals surface area contributed by atoms with Crippen molar-refractivity contribution in [2.45, 2.75) is 19.3 Å². The lowest BCUT2D eigenvalue weighted by Crippen LogP contribution is -2.43. The smallest absolute Gasteiger partial charge is 0.255 e. The zero-order valence-electron chi connectivity index (χ0n) is 18.4. The summed E-state index contributed by atoms with van der Waals surface area (Å²) in [6.45, 7) is 0. The van der Waals surface area contributed by atoms with Crippen LogP contribution in [0.5, 0.6) is 5.75 Å². The zero-order valence-corrected chi connectivity index (χ0v) is 19.3. The molecule has 3 atom stereocenters. The van der Waals surface area contributed by atoms with Crippen molar-refractivity contribution in [3.8, 4) is 16.2 Å². The lowest BCUT2D eigenvalue weighted by atomic mass is 9.62. The van der Waals surface area contributed by atoms with Crippen LogP contribution in [0.25, 0.3) is 20.5 Å². The number of fused-ring (bicyclic) bond motifs is 4. The Morgan fingerprint density at radius 2 is 1.80 bits per heavy atom. The van der Waals surface area contributed by atoms with E-state index in [-0.39, 0.29) is 40.7 Å². The van der Waals surface area contributed by atoms with E-state index in [1.54, 1.807) is 11.3 Å². The van der Waals surface area contributed by atoms with Gasteiger partial charge in [0.15, 0.2) is 11.6 Å². The maximum Gasteiger partial charge on any atom is 0.255 e. The molecule has 1 unspecified atom stereocenters. The number of aromatic hydroxyl groups is 1. The molecule has 3 aromatic rings. The van der Waals surface area contributed by atoms with Crippen LogP contribution in [0, 0.1) is 17.8 Å². The highest BCUT2D eigenvalue weighted by atomic mass is 32.1. The predicted octanol–water partition coefficient (Wildman–Crippen LogP) is 4.35. The molecule has 0 spiro atoms. The molecule has 2 aromatic carbocycles. The van der Waals surface area contributed by atoms with E-state index in [0.29, 0.717) is 18.4 Å². The molecule has 3 aliphatic carbocycles. The fourth-order valence-electron chi connectivity index (χ4n) is 5.98. The van der Waals surface area contributed by atoms with Gasteiger partial charge in [0.25, 0.3) is 5.91 Å². The summed E-state index contributed by atoms with van der Waals surface area (Å²) < 4.78 is 1.11. The Morgan fingerprint density at radius 3 is 2.54 bits per heavy atom. The summed E-state index contributed by atoms with van der Waals surface area (Å²) in [4.78, 5) is 39.3. The van der Waals surface area contributed by atoms with E-state index in [2.05, 4.69) is 6.07 Å². The molecular formula is C27H21NO6S. The number of phenolic OH excluding ortho intramolecular Hbond substituents is 1. The minimum atomic E-state index is -1.11. The first-order valence-corrected chi connectivity index (χ1v) is 12.2. The third-order valence-electron chi connectivity index (χ3n) is 7.46. The van der Waals surface area contributed by atoms with Crippen LogP contribution in [0.4, 0.5) is 0 Å². The highest BCUT2D eigenvalue weighted by Crippen LogP contribution is 2.51. The van der Waals surface area contributed by atoms with Crippen molar-refractivity contribution in [1.29, 1.82) is 0 Å². The van der Waals surface area contributed by atoms with Gasteiger partial charge in [0.05, 0.1) is 11.5 Å². The minimum absolute atomic E-state index is 0.0206. The number of ketones is 2. The molecule has 8 heteroatoms. The second kappa shape index (κ2) is 7.55. The van der Waals surface area contributed by atoms with Gasteiger partial charge in [-0.15, -0.1) is 11.3 Å². The van der Waals surface area contributed by atoms with Crippen molar-refractivity contribution in [3.05, 3.63) is 76.3 Å². The summed E-state index contributed by atoms with van der Waals surface area (Å²) in [5.74, 6) is -5.23. The monoisotopic (exact) mass is 487 g/mol. The largest absolute Gasteiger partial charge is 0.511 e. The fraction of sp³-hybridized carbons (Fsp3) is 0.222. The number of aliphatic hydroxyl groups is 2. The van der Waals surface area contributed by atoms with Gasteiger partial charge < -0.3 is 21.1 Å². The fourth-order valence-corrected chi connectivity index (χ4v) is 7.10. The molecule has 6 rings (SSSR count). The number of amides is 1. The average Bonchev–Trinajstić information content (AvgIpc) is 3.22. The Kier molecular flexibility index (Phi) is 4.66. The maximum atomic E-state index is 13.7. The number of primary amides is 1. The van der Waals surface area contributed by atoms with Crippen LogP contribution in [0.2, 0.25) is 0 Å². The molecule has 1 amide bonds. The van der Waals surface area contributed by atoms with E-state index in [1.807, 2.05) is 30.3 Å². The number of benzene rings is 2. The van der Waals surface area contributed by atoms with Crippen LogP contribution in [0.1, 0.15) is 28.8 Å². The predicted molar refractivity (Wildman–Crippen MR) is 130 cm³/mol. The Balaban J connectivity index is 1.49. The second-order valence-electron chi connectivity index (χ2n) is 9.39. The van der Waals surface area contributed by atoms with E-state index >= 15 is 0 Å². The number of aliphatic hydroxyl groups excluding tert-OH is 2. The Morgan fingerprint density at radius 1 is 1.03 bits per heavy atom. The van der Waals surface area contributed by atoms with Gasteiger partial charge in [-0.3, -0.25) is 14.4 Å². The number of allylic oxidation sites excluding steroid dienone is 3. The molecule has 0 saturated heterocycles. The molecule has 1 heterocycles. The highest BCUT2D eigenvalue weighted by molar-refractivity contribution is 7.22. The van der Waals surface area contributed by atoms with Crippen molar-refractivity contribution < 1.29 is 29.7 Å². The summed E-state index contributed by atoms with van der Waals surface area (Å²) in [5.41, 5.74) is 6.56. The van der Waals surface area contributed by atoms with Crippen molar-refractivity contribution in [3.63, 3.8) is 0 Å². The van der Waals surface area contributed by atoms with Gasteiger partial charge in [-0.1, -0.05) is 18.2 Å². The number of hydrogen-bond acceptors (Lipinski definition) is 7. The Hall–Kier alpha value is -3.91. The van der Waals surface area contributed by atoms with E-state index in [4.69, 9.17) is 5.73 Å². The zero-order chi connectivity index (χ0) is 24.6. The number of hydrogen-bond donors (Lipinski definition) is 4.